The van der Waals surface area contributed by atoms with Gasteiger partial charge in [-0.1, -0.05) is 41.9 Å². The number of amides is 1. The van der Waals surface area contributed by atoms with Crippen LogP contribution in [0.4, 0.5) is 15.8 Å². The Kier molecular flexibility index (Phi) is 8.36. The number of carboxylic acid groups (broad SMARTS) is 1. The lowest BCUT2D eigenvalue weighted by Gasteiger charge is -2.36. The van der Waals surface area contributed by atoms with Gasteiger partial charge in [0.25, 0.3) is 0 Å². The van der Waals surface area contributed by atoms with E-state index >= 15 is 0 Å². The Balaban J connectivity index is 1.28. The number of carbonyl (C=O) groups excluding carboxylic acids is 1. The first-order valence-electron chi connectivity index (χ1n) is 13.8. The summed E-state index contributed by atoms with van der Waals surface area (Å²) in [5, 5.41) is 9.85. The molecule has 1 N–H and O–H groups in total. The highest BCUT2D eigenvalue weighted by molar-refractivity contribution is 6.30. The van der Waals surface area contributed by atoms with Gasteiger partial charge in [-0.15, -0.1) is 0 Å². The number of halogens is 2. The first-order valence-corrected chi connectivity index (χ1v) is 14.2. The van der Waals surface area contributed by atoms with Crippen LogP contribution in [0.25, 0.3) is 0 Å². The van der Waals surface area contributed by atoms with Gasteiger partial charge in [0.2, 0.25) is 5.91 Å². The fourth-order valence-corrected chi connectivity index (χ4v) is 5.43. The minimum absolute atomic E-state index is 0.0164. The van der Waals surface area contributed by atoms with Gasteiger partial charge in [-0.25, -0.2) is 4.39 Å². The Labute approximate surface area is 244 Å². The molecule has 216 valence electrons. The number of nitrogens with zero attached hydrogens (tertiary/aromatic N) is 2. The lowest BCUT2D eigenvalue weighted by molar-refractivity contribution is -0.150. The number of likely N-dealkylation sites (N-methyl/N-ethyl adjacent to an activating group) is 1. The lowest BCUT2D eigenvalue weighted by Crippen LogP contribution is -2.41. The second-order valence-electron chi connectivity index (χ2n) is 11.1. The van der Waals surface area contributed by atoms with E-state index in [0.29, 0.717) is 30.1 Å². The third kappa shape index (κ3) is 6.10. The topological polar surface area (TPSA) is 82.6 Å². The van der Waals surface area contributed by atoms with Crippen LogP contribution in [-0.4, -0.2) is 42.9 Å². The van der Waals surface area contributed by atoms with Crippen molar-refractivity contribution in [2.75, 3.05) is 29.5 Å². The molecule has 1 fully saturated rings. The van der Waals surface area contributed by atoms with E-state index in [1.165, 1.54) is 6.07 Å². The van der Waals surface area contributed by atoms with Crippen LogP contribution in [0.3, 0.4) is 0 Å². The highest BCUT2D eigenvalue weighted by atomic mass is 35.5. The minimum Gasteiger partial charge on any atom is -0.481 e. The Bertz CT molecular complexity index is 1430. The van der Waals surface area contributed by atoms with Crippen molar-refractivity contribution in [3.8, 4) is 0 Å². The summed E-state index contributed by atoms with van der Waals surface area (Å²) >= 11 is 6.06. The fraction of sp³-hybridized carbons (Fsp3) is 0.375. The maximum atomic E-state index is 14.9. The molecule has 3 aromatic rings. The molecule has 1 saturated heterocycles. The quantitative estimate of drug-likeness (QED) is 0.274. The van der Waals surface area contributed by atoms with Gasteiger partial charge in [-0.3, -0.25) is 9.59 Å². The summed E-state index contributed by atoms with van der Waals surface area (Å²) in [5.74, 6) is -1.64. The van der Waals surface area contributed by atoms with Crippen LogP contribution < -0.4 is 9.80 Å². The molecule has 0 aliphatic carbocycles. The van der Waals surface area contributed by atoms with Crippen LogP contribution in [0, 0.1) is 11.2 Å². The summed E-state index contributed by atoms with van der Waals surface area (Å²) in [4.78, 5) is 29.0. The van der Waals surface area contributed by atoms with Crippen LogP contribution in [0.5, 0.6) is 0 Å². The summed E-state index contributed by atoms with van der Waals surface area (Å²) in [6, 6.07) is 20.1. The second kappa shape index (κ2) is 11.8. The number of epoxide rings is 1. The Hall–Kier alpha value is -3.46. The molecule has 0 saturated carbocycles. The van der Waals surface area contributed by atoms with Crippen molar-refractivity contribution in [3.63, 3.8) is 0 Å². The monoisotopic (exact) mass is 580 g/mol. The fourth-order valence-electron chi connectivity index (χ4n) is 5.30. The number of aliphatic carboxylic acids is 1. The number of fused-ring (bicyclic) bond motifs is 1. The van der Waals surface area contributed by atoms with Crippen molar-refractivity contribution in [1.29, 1.82) is 0 Å². The van der Waals surface area contributed by atoms with E-state index in [0.717, 1.165) is 22.5 Å². The molecule has 1 amide bonds. The van der Waals surface area contributed by atoms with E-state index in [1.807, 2.05) is 49.4 Å². The third-order valence-electron chi connectivity index (χ3n) is 7.78. The largest absolute Gasteiger partial charge is 0.481 e. The molecule has 3 aromatic carbocycles. The Morgan fingerprint density at radius 1 is 1.15 bits per heavy atom. The van der Waals surface area contributed by atoms with Crippen molar-refractivity contribution in [1.82, 2.24) is 0 Å². The summed E-state index contributed by atoms with van der Waals surface area (Å²) in [6.45, 7) is 6.22. The minimum atomic E-state index is -1.05. The van der Waals surface area contributed by atoms with Gasteiger partial charge in [0.15, 0.2) is 6.23 Å². The van der Waals surface area contributed by atoms with Crippen molar-refractivity contribution < 1.29 is 28.6 Å². The third-order valence-corrected chi connectivity index (χ3v) is 8.03. The maximum Gasteiger partial charge on any atom is 0.311 e. The zero-order chi connectivity index (χ0) is 29.3. The number of carbonyl (C=O) groups is 2. The molecule has 0 bridgehead atoms. The van der Waals surface area contributed by atoms with Crippen molar-refractivity contribution in [3.05, 3.63) is 94.3 Å². The number of ether oxygens (including phenoxy) is 2. The number of anilines is 2. The average molecular weight is 581 g/mol. The zero-order valence-corrected chi connectivity index (χ0v) is 24.1. The number of para-hydroxylation sites is 1. The van der Waals surface area contributed by atoms with Crippen molar-refractivity contribution >= 4 is 34.9 Å². The first kappa shape index (κ1) is 29.0. The second-order valence-corrected chi connectivity index (χ2v) is 11.6. The van der Waals surface area contributed by atoms with Crippen LogP contribution in [-0.2, 0) is 25.7 Å². The summed E-state index contributed by atoms with van der Waals surface area (Å²) < 4.78 is 26.5. The van der Waals surface area contributed by atoms with Gasteiger partial charge in [0.1, 0.15) is 11.9 Å². The van der Waals surface area contributed by atoms with Crippen molar-refractivity contribution in [2.45, 2.75) is 52.0 Å². The highest BCUT2D eigenvalue weighted by Crippen LogP contribution is 2.47. The number of hydrogen-bond acceptors (Lipinski definition) is 5. The molecular weight excluding hydrogens is 547 g/mol. The van der Waals surface area contributed by atoms with E-state index < -0.39 is 17.2 Å². The number of carboxylic acids is 1. The van der Waals surface area contributed by atoms with E-state index in [4.69, 9.17) is 21.1 Å². The van der Waals surface area contributed by atoms with E-state index in [2.05, 4.69) is 4.90 Å². The van der Waals surface area contributed by atoms with E-state index in [1.54, 1.807) is 36.9 Å². The molecule has 0 aromatic heterocycles. The standard InChI is InChI=1S/C32H34ClFN2O5/c1-4-35(23-13-11-22(33)12-14-23)29(37)25-15-16-36(27-8-6-5-7-24(25)27)30-28(41-30)20-9-10-21(26(34)17-20)18-40-19-32(2,3)31(38)39/h5-14,17,25,28,30H,4,15-16,18-19H2,1-3H3,(H,38,39)/t25-,28?,30?/m0/s1. The van der Waals surface area contributed by atoms with Gasteiger partial charge in [-0.2, -0.15) is 0 Å². The summed E-state index contributed by atoms with van der Waals surface area (Å²) in [5.41, 5.74) is 2.74. The Morgan fingerprint density at radius 2 is 1.88 bits per heavy atom. The molecule has 2 heterocycles. The van der Waals surface area contributed by atoms with Crippen LogP contribution in [0.2, 0.25) is 5.02 Å². The number of rotatable bonds is 10. The van der Waals surface area contributed by atoms with Crippen molar-refractivity contribution in [2.24, 2.45) is 5.41 Å². The molecule has 7 nitrogen and oxygen atoms in total. The summed E-state index contributed by atoms with van der Waals surface area (Å²) in [7, 11) is 0. The summed E-state index contributed by atoms with van der Waals surface area (Å²) in [6.07, 6.45) is 0.0691. The predicted molar refractivity (Wildman–Crippen MR) is 156 cm³/mol. The molecule has 3 atom stereocenters. The molecule has 5 rings (SSSR count). The Morgan fingerprint density at radius 3 is 2.56 bits per heavy atom. The molecule has 9 heteroatoms. The molecule has 2 aliphatic rings. The molecule has 0 spiro atoms. The van der Waals surface area contributed by atoms with Gasteiger partial charge >= 0.3 is 5.97 Å². The number of benzene rings is 3. The predicted octanol–water partition coefficient (Wildman–Crippen LogP) is 6.55. The molecule has 41 heavy (non-hydrogen) atoms. The van der Waals surface area contributed by atoms with Crippen LogP contribution >= 0.6 is 11.6 Å². The van der Waals surface area contributed by atoms with Gasteiger partial charge in [0.05, 0.1) is 24.5 Å². The molecule has 0 radical (unpaired) electrons. The van der Waals surface area contributed by atoms with E-state index in [9.17, 15) is 19.1 Å². The zero-order valence-electron chi connectivity index (χ0n) is 23.3. The normalized spacial score (nSPS) is 19.9. The van der Waals surface area contributed by atoms with Crippen LogP contribution in [0.15, 0.2) is 66.7 Å². The molecule has 2 unspecified atom stereocenters. The molecular formula is C32H34ClFN2O5. The smallest absolute Gasteiger partial charge is 0.311 e. The lowest BCUT2D eigenvalue weighted by atomic mass is 9.88. The van der Waals surface area contributed by atoms with Gasteiger partial charge in [-0.05, 0) is 74.7 Å². The van der Waals surface area contributed by atoms with Crippen LogP contribution in [0.1, 0.15) is 55.9 Å². The average Bonchev–Trinajstić information content (AvgIpc) is 3.75. The van der Waals surface area contributed by atoms with E-state index in [-0.39, 0.29) is 37.4 Å². The maximum absolute atomic E-state index is 14.9. The SMILES string of the molecule is CCN(C(=O)[C@H]1CCN(C2OC2c2ccc(COCC(C)(C)C(=O)O)c(F)c2)c2ccccc21)c1ccc(Cl)cc1. The highest BCUT2D eigenvalue weighted by Gasteiger charge is 2.48. The molecule has 2 aliphatic heterocycles. The van der Waals surface area contributed by atoms with Gasteiger partial charge < -0.3 is 24.4 Å². The first-order chi connectivity index (χ1) is 19.6. The van der Waals surface area contributed by atoms with Gasteiger partial charge in [0, 0.05) is 35.1 Å². The number of hydrogen-bond donors (Lipinski definition) is 1.